The highest BCUT2D eigenvalue weighted by Gasteiger charge is 2.47. The Morgan fingerprint density at radius 3 is 2.17 bits per heavy atom. The van der Waals surface area contributed by atoms with Crippen molar-refractivity contribution < 1.29 is 31.5 Å². The van der Waals surface area contributed by atoms with E-state index < -0.39 is 31.2 Å². The number of alkyl halides is 3. The van der Waals surface area contributed by atoms with Gasteiger partial charge in [0.25, 0.3) is 15.7 Å². The number of aryl methyl sites for hydroxylation is 1. The highest BCUT2D eigenvalue weighted by Crippen LogP contribution is 2.38. The van der Waals surface area contributed by atoms with Gasteiger partial charge in [-0.2, -0.15) is 13.2 Å². The first-order valence-corrected chi connectivity index (χ1v) is 12.0. The summed E-state index contributed by atoms with van der Waals surface area (Å²) in [6.45, 7) is 1.94. The van der Waals surface area contributed by atoms with Crippen molar-refractivity contribution in [3.8, 4) is 16.9 Å². The van der Waals surface area contributed by atoms with Crippen LogP contribution in [0.5, 0.6) is 5.75 Å². The van der Waals surface area contributed by atoms with Crippen LogP contribution in [0.25, 0.3) is 21.9 Å². The van der Waals surface area contributed by atoms with Gasteiger partial charge in [-0.15, -0.1) is 0 Å². The summed E-state index contributed by atoms with van der Waals surface area (Å²) in [7, 11) is -5.60. The number of halogens is 4. The van der Waals surface area contributed by atoms with Gasteiger partial charge in [0, 0.05) is 5.39 Å². The fourth-order valence-corrected chi connectivity index (χ4v) is 4.67. The Hall–Kier alpha value is -3.56. The van der Waals surface area contributed by atoms with Crippen LogP contribution < -0.4 is 5.32 Å². The maximum absolute atomic E-state index is 13.1. The van der Waals surface area contributed by atoms with Crippen molar-refractivity contribution in [2.45, 2.75) is 17.3 Å². The highest BCUT2D eigenvalue weighted by molar-refractivity contribution is 7.92. The van der Waals surface area contributed by atoms with E-state index >= 15 is 0 Å². The van der Waals surface area contributed by atoms with Gasteiger partial charge >= 0.3 is 5.51 Å². The maximum Gasteiger partial charge on any atom is 0.501 e. The number of aromatic hydroxyl groups is 1. The van der Waals surface area contributed by atoms with Crippen molar-refractivity contribution in [1.29, 1.82) is 0 Å². The predicted octanol–water partition coefficient (Wildman–Crippen LogP) is 6.72. The molecule has 0 spiro atoms. The number of nitrogens with one attached hydrogen (secondary N) is 1. The van der Waals surface area contributed by atoms with Crippen molar-refractivity contribution in [2.75, 3.05) is 5.32 Å². The summed E-state index contributed by atoms with van der Waals surface area (Å²) < 4.78 is 61.7. The zero-order valence-electron chi connectivity index (χ0n) is 18.0. The third kappa shape index (κ3) is 4.56. The van der Waals surface area contributed by atoms with Gasteiger partial charge in [-0.25, -0.2) is 8.42 Å². The molecule has 0 unspecified atom stereocenters. The SMILES string of the molecule is Cc1ccc(-c2cc(C(=O)Nc3ccc(S(=O)(=O)C(F)(F)F)cc3Cl)c(O)c3ccccc23)cc1. The molecule has 0 saturated heterocycles. The molecule has 1 amide bonds. The van der Waals surface area contributed by atoms with E-state index in [4.69, 9.17) is 11.6 Å². The number of hydrogen-bond acceptors (Lipinski definition) is 4. The number of amides is 1. The molecule has 180 valence electrons. The van der Waals surface area contributed by atoms with Crippen molar-refractivity contribution in [3.63, 3.8) is 0 Å². The second-order valence-corrected chi connectivity index (χ2v) is 10.1. The van der Waals surface area contributed by atoms with Crippen LogP contribution in [0.15, 0.2) is 77.7 Å². The second kappa shape index (κ2) is 8.90. The molecule has 4 rings (SSSR count). The minimum atomic E-state index is -5.60. The van der Waals surface area contributed by atoms with Crippen molar-refractivity contribution in [3.05, 3.63) is 88.9 Å². The van der Waals surface area contributed by atoms with Crippen molar-refractivity contribution >= 4 is 43.8 Å². The summed E-state index contributed by atoms with van der Waals surface area (Å²) in [6, 6.07) is 18.3. The number of hydrogen-bond donors (Lipinski definition) is 2. The lowest BCUT2D eigenvalue weighted by atomic mass is 9.94. The first-order valence-electron chi connectivity index (χ1n) is 10.1. The first kappa shape index (κ1) is 24.6. The Morgan fingerprint density at radius 2 is 1.57 bits per heavy atom. The molecular weight excluding hydrogens is 503 g/mol. The fraction of sp³-hybridized carbons (Fsp3) is 0.0800. The Labute approximate surface area is 203 Å². The van der Waals surface area contributed by atoms with Crippen LogP contribution in [-0.4, -0.2) is 24.9 Å². The highest BCUT2D eigenvalue weighted by atomic mass is 35.5. The van der Waals surface area contributed by atoms with Crippen LogP contribution in [-0.2, 0) is 9.84 Å². The zero-order valence-corrected chi connectivity index (χ0v) is 19.6. The van der Waals surface area contributed by atoms with Crippen molar-refractivity contribution in [2.24, 2.45) is 0 Å². The molecule has 0 aliphatic rings. The molecule has 10 heteroatoms. The summed E-state index contributed by atoms with van der Waals surface area (Å²) in [5.41, 5.74) is -3.18. The molecule has 0 heterocycles. The molecule has 0 aromatic heterocycles. The number of benzene rings is 4. The lowest BCUT2D eigenvalue weighted by Crippen LogP contribution is -2.23. The van der Waals surface area contributed by atoms with Gasteiger partial charge in [0.15, 0.2) is 0 Å². The molecule has 0 saturated carbocycles. The lowest BCUT2D eigenvalue weighted by molar-refractivity contribution is -0.0436. The zero-order chi connectivity index (χ0) is 25.5. The number of phenolic OH excluding ortho intramolecular Hbond substituents is 1. The topological polar surface area (TPSA) is 83.5 Å². The third-order valence-electron chi connectivity index (χ3n) is 5.43. The van der Waals surface area contributed by atoms with E-state index in [1.165, 1.54) is 6.07 Å². The minimum Gasteiger partial charge on any atom is -0.506 e. The van der Waals surface area contributed by atoms with Gasteiger partial charge in [0.1, 0.15) is 5.75 Å². The van der Waals surface area contributed by atoms with Crippen LogP contribution >= 0.6 is 11.6 Å². The molecule has 4 aromatic rings. The van der Waals surface area contributed by atoms with Crippen LogP contribution in [0.3, 0.4) is 0 Å². The average Bonchev–Trinajstić information content (AvgIpc) is 2.80. The molecule has 4 aromatic carbocycles. The molecule has 5 nitrogen and oxygen atoms in total. The van der Waals surface area contributed by atoms with E-state index in [9.17, 15) is 31.5 Å². The molecule has 0 radical (unpaired) electrons. The number of rotatable bonds is 4. The first-order chi connectivity index (χ1) is 16.4. The average molecular weight is 520 g/mol. The number of carbonyl (C=O) groups excluding carboxylic acids is 1. The van der Waals surface area contributed by atoms with Crippen LogP contribution in [0.2, 0.25) is 5.02 Å². The number of sulfone groups is 1. The van der Waals surface area contributed by atoms with Gasteiger partial charge < -0.3 is 10.4 Å². The van der Waals surface area contributed by atoms with E-state index in [-0.39, 0.29) is 17.0 Å². The Kier molecular flexibility index (Phi) is 6.25. The number of carbonyl (C=O) groups is 1. The van der Waals surface area contributed by atoms with Gasteiger partial charge in [0.2, 0.25) is 0 Å². The van der Waals surface area contributed by atoms with Gasteiger partial charge in [-0.1, -0.05) is 65.7 Å². The molecule has 2 N–H and O–H groups in total. The van der Waals surface area contributed by atoms with Crippen molar-refractivity contribution in [1.82, 2.24) is 0 Å². The standard InChI is InChI=1S/C25H17ClF3NO4S/c1-14-6-8-15(9-7-14)19-13-20(23(31)18-5-3-2-4-17(18)19)24(32)30-22-11-10-16(12-21(22)26)35(33,34)25(27,28)29/h2-13,31H,1H3,(H,30,32). The lowest BCUT2D eigenvalue weighted by Gasteiger charge is -2.15. The molecule has 0 fully saturated rings. The summed E-state index contributed by atoms with van der Waals surface area (Å²) in [5.74, 6) is -1.07. The number of anilines is 1. The monoisotopic (exact) mass is 519 g/mol. The van der Waals surface area contributed by atoms with Gasteiger partial charge in [-0.3, -0.25) is 4.79 Å². The normalized spacial score (nSPS) is 12.0. The third-order valence-corrected chi connectivity index (χ3v) is 7.22. The van der Waals surface area contributed by atoms with Gasteiger partial charge in [0.05, 0.1) is 21.2 Å². The Balaban J connectivity index is 1.76. The minimum absolute atomic E-state index is 0.0951. The smallest absolute Gasteiger partial charge is 0.501 e. The van der Waals surface area contributed by atoms with Crippen LogP contribution in [0, 0.1) is 6.92 Å². The summed E-state index contributed by atoms with van der Waals surface area (Å²) in [4.78, 5) is 12.0. The van der Waals surface area contributed by atoms with E-state index in [2.05, 4.69) is 5.32 Å². The molecule has 0 aliphatic heterocycles. The van der Waals surface area contributed by atoms with Crippen LogP contribution in [0.1, 0.15) is 15.9 Å². The molecular formula is C25H17ClF3NO4S. The fourth-order valence-electron chi connectivity index (χ4n) is 3.59. The largest absolute Gasteiger partial charge is 0.506 e. The molecule has 35 heavy (non-hydrogen) atoms. The summed E-state index contributed by atoms with van der Waals surface area (Å²) >= 11 is 5.98. The predicted molar refractivity (Wildman–Crippen MR) is 128 cm³/mol. The van der Waals surface area contributed by atoms with E-state index in [1.807, 2.05) is 37.3 Å². The molecule has 0 aliphatic carbocycles. The summed E-state index contributed by atoms with van der Waals surface area (Å²) in [5, 5.41) is 14.0. The van der Waals surface area contributed by atoms with E-state index in [0.29, 0.717) is 28.5 Å². The second-order valence-electron chi connectivity index (χ2n) is 7.78. The molecule has 0 atom stereocenters. The maximum atomic E-state index is 13.1. The number of fused-ring (bicyclic) bond motifs is 1. The van der Waals surface area contributed by atoms with Gasteiger partial charge in [-0.05, 0) is 47.7 Å². The van der Waals surface area contributed by atoms with E-state index in [0.717, 1.165) is 17.2 Å². The quantitative estimate of drug-likeness (QED) is 0.313. The summed E-state index contributed by atoms with van der Waals surface area (Å²) in [6.07, 6.45) is 0. The molecule has 0 bridgehead atoms. The Morgan fingerprint density at radius 1 is 0.943 bits per heavy atom. The number of phenols is 1. The van der Waals surface area contributed by atoms with E-state index in [1.54, 1.807) is 18.2 Å². The Bertz CT molecular complexity index is 1570. The van der Waals surface area contributed by atoms with Crippen LogP contribution in [0.4, 0.5) is 18.9 Å².